The average molecular weight is 354 g/mol. The maximum atomic E-state index is 12.6. The summed E-state index contributed by atoms with van der Waals surface area (Å²) in [6, 6.07) is 15.3. The number of hydrogen-bond acceptors (Lipinski definition) is 5. The molecule has 0 saturated carbocycles. The molecule has 0 radical (unpaired) electrons. The fourth-order valence-electron chi connectivity index (χ4n) is 3.10. The highest BCUT2D eigenvalue weighted by Gasteiger charge is 2.16. The SMILES string of the molecule is O=C(Cc1ccccc1)c1nc2cc3c(-c4ccncc4)n[nH]c3nc2[nH]1. The molecule has 5 aromatic rings. The number of H-pyrrole nitrogens is 2. The smallest absolute Gasteiger partial charge is 0.202 e. The zero-order valence-electron chi connectivity index (χ0n) is 14.2. The topological polar surface area (TPSA) is 100 Å². The molecule has 1 aromatic carbocycles. The predicted octanol–water partition coefficient (Wildman–Crippen LogP) is 3.32. The molecule has 0 spiro atoms. The second kappa shape index (κ2) is 6.14. The number of benzene rings is 1. The Morgan fingerprint density at radius 3 is 2.59 bits per heavy atom. The highest BCUT2D eigenvalue weighted by atomic mass is 16.1. The lowest BCUT2D eigenvalue weighted by Gasteiger charge is -1.97. The molecule has 4 aromatic heterocycles. The third-order valence-corrected chi connectivity index (χ3v) is 4.43. The Labute approximate surface area is 153 Å². The highest BCUT2D eigenvalue weighted by molar-refractivity contribution is 6.00. The fraction of sp³-hybridized carbons (Fsp3) is 0.0500. The Balaban J connectivity index is 1.55. The molecule has 27 heavy (non-hydrogen) atoms. The summed E-state index contributed by atoms with van der Waals surface area (Å²) in [4.78, 5) is 28.6. The number of ketones is 1. The lowest BCUT2D eigenvalue weighted by Crippen LogP contribution is -2.05. The van der Waals surface area contributed by atoms with Crippen molar-refractivity contribution in [1.82, 2.24) is 30.1 Å². The first-order valence-corrected chi connectivity index (χ1v) is 8.50. The van der Waals surface area contributed by atoms with E-state index in [4.69, 9.17) is 0 Å². The van der Waals surface area contributed by atoms with Gasteiger partial charge in [-0.1, -0.05) is 30.3 Å². The van der Waals surface area contributed by atoms with Gasteiger partial charge in [-0.05, 0) is 23.8 Å². The van der Waals surface area contributed by atoms with Crippen molar-refractivity contribution in [3.63, 3.8) is 0 Å². The van der Waals surface area contributed by atoms with Crippen LogP contribution in [0.5, 0.6) is 0 Å². The quantitative estimate of drug-likeness (QED) is 0.482. The third kappa shape index (κ3) is 2.75. The van der Waals surface area contributed by atoms with Crippen LogP contribution in [0.2, 0.25) is 0 Å². The number of Topliss-reactive ketones (excluding diaryl/α,β-unsaturated/α-hetero) is 1. The molecule has 0 amide bonds. The summed E-state index contributed by atoms with van der Waals surface area (Å²) in [5.74, 6) is 0.239. The molecule has 0 bridgehead atoms. The van der Waals surface area contributed by atoms with Crippen molar-refractivity contribution in [3.8, 4) is 11.3 Å². The molecule has 0 aliphatic heterocycles. The predicted molar refractivity (Wildman–Crippen MR) is 101 cm³/mol. The van der Waals surface area contributed by atoms with Gasteiger partial charge in [0.15, 0.2) is 17.1 Å². The van der Waals surface area contributed by atoms with Gasteiger partial charge in [-0.2, -0.15) is 5.10 Å². The van der Waals surface area contributed by atoms with Crippen molar-refractivity contribution in [1.29, 1.82) is 0 Å². The molecule has 5 rings (SSSR count). The summed E-state index contributed by atoms with van der Waals surface area (Å²) >= 11 is 0. The monoisotopic (exact) mass is 354 g/mol. The maximum absolute atomic E-state index is 12.6. The van der Waals surface area contributed by atoms with Crippen molar-refractivity contribution in [2.45, 2.75) is 6.42 Å². The Morgan fingerprint density at radius 2 is 1.78 bits per heavy atom. The summed E-state index contributed by atoms with van der Waals surface area (Å²) in [5, 5.41) is 8.15. The molecule has 0 aliphatic carbocycles. The zero-order chi connectivity index (χ0) is 18.2. The summed E-state index contributed by atoms with van der Waals surface area (Å²) < 4.78 is 0. The minimum Gasteiger partial charge on any atom is -0.320 e. The van der Waals surface area contributed by atoms with Gasteiger partial charge in [-0.3, -0.25) is 14.9 Å². The van der Waals surface area contributed by atoms with E-state index in [-0.39, 0.29) is 5.78 Å². The molecule has 4 heterocycles. The van der Waals surface area contributed by atoms with Crippen molar-refractivity contribution in [2.24, 2.45) is 0 Å². The molecule has 7 heteroatoms. The molecular formula is C20H14N6O. The molecule has 0 saturated heterocycles. The molecular weight excluding hydrogens is 340 g/mol. The normalized spacial score (nSPS) is 11.3. The second-order valence-electron chi connectivity index (χ2n) is 6.23. The standard InChI is InChI=1S/C20H14N6O/c27-16(10-12-4-2-1-3-5-12)20-22-15-11-14-17(13-6-8-21-9-7-13)25-26-18(14)23-19(15)24-20/h1-9,11H,10H2,(H2,22,23,24,25,26). The number of rotatable bonds is 4. The van der Waals surface area contributed by atoms with Gasteiger partial charge in [0.05, 0.1) is 0 Å². The van der Waals surface area contributed by atoms with E-state index in [0.717, 1.165) is 22.2 Å². The van der Waals surface area contributed by atoms with Crippen LogP contribution >= 0.6 is 0 Å². The van der Waals surface area contributed by atoms with Crippen LogP contribution in [0, 0.1) is 0 Å². The highest BCUT2D eigenvalue weighted by Crippen LogP contribution is 2.27. The number of nitrogens with zero attached hydrogens (tertiary/aromatic N) is 4. The number of aromatic amines is 2. The van der Waals surface area contributed by atoms with Crippen molar-refractivity contribution >= 4 is 28.0 Å². The van der Waals surface area contributed by atoms with E-state index in [1.54, 1.807) is 12.4 Å². The van der Waals surface area contributed by atoms with Crippen LogP contribution in [0.25, 0.3) is 33.5 Å². The minimum atomic E-state index is -0.0738. The van der Waals surface area contributed by atoms with E-state index in [1.165, 1.54) is 0 Å². The Kier molecular flexibility index (Phi) is 3.50. The first-order valence-electron chi connectivity index (χ1n) is 8.50. The van der Waals surface area contributed by atoms with Gasteiger partial charge < -0.3 is 4.98 Å². The third-order valence-electron chi connectivity index (χ3n) is 4.43. The van der Waals surface area contributed by atoms with E-state index in [1.807, 2.05) is 48.5 Å². The first kappa shape index (κ1) is 15.4. The molecule has 2 N–H and O–H groups in total. The average Bonchev–Trinajstić information content (AvgIpc) is 3.31. The van der Waals surface area contributed by atoms with Crippen LogP contribution in [-0.4, -0.2) is 35.9 Å². The number of fused-ring (bicyclic) bond motifs is 2. The van der Waals surface area contributed by atoms with Crippen LogP contribution < -0.4 is 0 Å². The Morgan fingerprint density at radius 1 is 0.963 bits per heavy atom. The van der Waals surface area contributed by atoms with Gasteiger partial charge in [-0.15, -0.1) is 0 Å². The van der Waals surface area contributed by atoms with Crippen molar-refractivity contribution in [2.75, 3.05) is 0 Å². The van der Waals surface area contributed by atoms with E-state index < -0.39 is 0 Å². The number of nitrogens with one attached hydrogen (secondary N) is 2. The van der Waals surface area contributed by atoms with E-state index >= 15 is 0 Å². The summed E-state index contributed by atoms with van der Waals surface area (Å²) in [6.07, 6.45) is 3.73. The zero-order valence-corrected chi connectivity index (χ0v) is 14.2. The van der Waals surface area contributed by atoms with Gasteiger partial charge >= 0.3 is 0 Å². The molecule has 0 atom stereocenters. The molecule has 130 valence electrons. The number of hydrogen-bond donors (Lipinski definition) is 2. The van der Waals surface area contributed by atoms with Crippen LogP contribution in [0.1, 0.15) is 16.2 Å². The van der Waals surface area contributed by atoms with E-state index in [9.17, 15) is 4.79 Å². The lowest BCUT2D eigenvalue weighted by molar-refractivity contribution is 0.0984. The molecule has 0 aliphatic rings. The lowest BCUT2D eigenvalue weighted by atomic mass is 10.1. The first-order chi connectivity index (χ1) is 13.3. The summed E-state index contributed by atoms with van der Waals surface area (Å²) in [6.45, 7) is 0. The van der Waals surface area contributed by atoms with Crippen LogP contribution in [0.15, 0.2) is 60.9 Å². The van der Waals surface area contributed by atoms with E-state index in [0.29, 0.717) is 29.1 Å². The summed E-state index contributed by atoms with van der Waals surface area (Å²) in [7, 11) is 0. The molecule has 0 fully saturated rings. The fourth-order valence-corrected chi connectivity index (χ4v) is 3.10. The number of imidazole rings is 1. The largest absolute Gasteiger partial charge is 0.320 e. The number of pyridine rings is 2. The Hall–Kier alpha value is -3.87. The Bertz CT molecular complexity index is 1260. The number of aromatic nitrogens is 6. The second-order valence-corrected chi connectivity index (χ2v) is 6.23. The molecule has 7 nitrogen and oxygen atoms in total. The van der Waals surface area contributed by atoms with Gasteiger partial charge in [0.1, 0.15) is 11.2 Å². The summed E-state index contributed by atoms with van der Waals surface area (Å²) in [5.41, 5.74) is 4.50. The van der Waals surface area contributed by atoms with Crippen LogP contribution in [0.3, 0.4) is 0 Å². The van der Waals surface area contributed by atoms with Gasteiger partial charge in [-0.25, -0.2) is 9.97 Å². The maximum Gasteiger partial charge on any atom is 0.202 e. The minimum absolute atomic E-state index is 0.0738. The van der Waals surface area contributed by atoms with Gasteiger partial charge in [0.25, 0.3) is 0 Å². The van der Waals surface area contributed by atoms with Gasteiger partial charge in [0.2, 0.25) is 5.78 Å². The van der Waals surface area contributed by atoms with Gasteiger partial charge in [0, 0.05) is 29.8 Å². The van der Waals surface area contributed by atoms with E-state index in [2.05, 4.69) is 30.1 Å². The van der Waals surface area contributed by atoms with Crippen LogP contribution in [0.4, 0.5) is 0 Å². The molecule has 0 unspecified atom stereocenters. The number of carbonyl (C=O) groups is 1. The van der Waals surface area contributed by atoms with Crippen molar-refractivity contribution in [3.05, 3.63) is 72.3 Å². The number of carbonyl (C=O) groups excluding carboxylic acids is 1. The van der Waals surface area contributed by atoms with Crippen molar-refractivity contribution < 1.29 is 4.79 Å². The van der Waals surface area contributed by atoms with Crippen LogP contribution in [-0.2, 0) is 6.42 Å².